The van der Waals surface area contributed by atoms with Gasteiger partial charge in [-0.1, -0.05) is 6.58 Å². The fraction of sp³-hybridized carbons (Fsp3) is 0.286. The lowest BCUT2D eigenvalue weighted by molar-refractivity contribution is -0.137. The Morgan fingerprint density at radius 1 is 1.40 bits per heavy atom. The number of nitrogens with zero attached hydrogens (tertiary/aromatic N) is 2. The number of carbonyl (C=O) groups is 1. The van der Waals surface area contributed by atoms with E-state index in [0.29, 0.717) is 29.5 Å². The highest BCUT2D eigenvalue weighted by atomic mass is 16.4. The highest BCUT2D eigenvalue weighted by Crippen LogP contribution is 2.20. The number of fused-ring (bicyclic) bond motifs is 3. The zero-order chi connectivity index (χ0) is 14.4. The molecule has 104 valence electrons. The molecule has 0 spiro atoms. The molecule has 6 heteroatoms. The van der Waals surface area contributed by atoms with Crippen molar-refractivity contribution in [1.29, 1.82) is 0 Å². The van der Waals surface area contributed by atoms with Gasteiger partial charge in [0, 0.05) is 25.1 Å². The van der Waals surface area contributed by atoms with E-state index in [0.717, 1.165) is 11.3 Å². The number of carboxylic acid groups (broad SMARTS) is 1. The molecule has 0 fully saturated rings. The molecule has 0 aromatic carbocycles. The lowest BCUT2D eigenvalue weighted by atomic mass is 10.3. The number of rotatable bonds is 4. The second-order valence-electron chi connectivity index (χ2n) is 4.84. The van der Waals surface area contributed by atoms with Crippen LogP contribution in [0.4, 0.5) is 0 Å². The summed E-state index contributed by atoms with van der Waals surface area (Å²) < 4.78 is 8.77. The van der Waals surface area contributed by atoms with Crippen molar-refractivity contribution in [3.63, 3.8) is 0 Å². The zero-order valence-corrected chi connectivity index (χ0v) is 11.0. The van der Waals surface area contributed by atoms with E-state index in [2.05, 4.69) is 6.58 Å². The number of furan rings is 1. The van der Waals surface area contributed by atoms with Crippen LogP contribution in [-0.2, 0) is 11.3 Å². The average molecular weight is 274 g/mol. The van der Waals surface area contributed by atoms with E-state index in [1.165, 1.54) is 4.57 Å². The molecule has 0 bridgehead atoms. The summed E-state index contributed by atoms with van der Waals surface area (Å²) in [6.45, 7) is 6.13. The van der Waals surface area contributed by atoms with E-state index in [4.69, 9.17) is 9.52 Å². The molecular weight excluding hydrogens is 260 g/mol. The summed E-state index contributed by atoms with van der Waals surface area (Å²) in [6.07, 6.45) is 0.435. The Balaban J connectivity index is 2.12. The Bertz CT molecular complexity index is 913. The van der Waals surface area contributed by atoms with E-state index in [-0.39, 0.29) is 12.0 Å². The molecule has 1 N–H and O–H groups in total. The van der Waals surface area contributed by atoms with Gasteiger partial charge in [-0.2, -0.15) is 0 Å². The molecule has 0 aliphatic rings. The Hall–Kier alpha value is -2.50. The second-order valence-corrected chi connectivity index (χ2v) is 4.84. The summed E-state index contributed by atoms with van der Waals surface area (Å²) in [5.74, 6) is -0.0930. The van der Waals surface area contributed by atoms with Crippen LogP contribution in [0.25, 0.3) is 23.2 Å². The molecule has 0 unspecified atom stereocenters. The first-order valence-corrected chi connectivity index (χ1v) is 6.34. The normalized spacial score (nSPS) is 11.7. The number of carboxylic acids is 1. The van der Waals surface area contributed by atoms with Gasteiger partial charge in [0.05, 0.1) is 5.52 Å². The van der Waals surface area contributed by atoms with E-state index in [1.54, 1.807) is 10.5 Å². The van der Waals surface area contributed by atoms with Gasteiger partial charge in [-0.25, -0.2) is 0 Å². The van der Waals surface area contributed by atoms with Gasteiger partial charge in [0.1, 0.15) is 16.8 Å². The first kappa shape index (κ1) is 12.5. The monoisotopic (exact) mass is 274 g/mol. The fourth-order valence-corrected chi connectivity index (χ4v) is 2.55. The molecule has 0 amide bonds. The maximum atomic E-state index is 12.3. The van der Waals surface area contributed by atoms with Crippen LogP contribution in [-0.4, -0.2) is 20.0 Å². The van der Waals surface area contributed by atoms with Gasteiger partial charge >= 0.3 is 5.97 Å². The quantitative estimate of drug-likeness (QED) is 0.774. The van der Waals surface area contributed by atoms with Gasteiger partial charge in [0.25, 0.3) is 5.56 Å². The number of aryl methyl sites for hydroxylation is 1. The topological polar surface area (TPSA) is 76.8 Å². The van der Waals surface area contributed by atoms with Gasteiger partial charge in [-0.05, 0) is 13.3 Å². The van der Waals surface area contributed by atoms with Crippen LogP contribution < -0.4 is 11.0 Å². The van der Waals surface area contributed by atoms with Crippen LogP contribution in [0.3, 0.4) is 0 Å². The minimum absolute atomic E-state index is 0.0339. The molecule has 20 heavy (non-hydrogen) atoms. The van der Waals surface area contributed by atoms with Crippen molar-refractivity contribution in [1.82, 2.24) is 8.97 Å². The molecule has 3 aromatic heterocycles. The Morgan fingerprint density at radius 2 is 2.15 bits per heavy atom. The van der Waals surface area contributed by atoms with Crippen molar-refractivity contribution in [3.05, 3.63) is 33.7 Å². The van der Waals surface area contributed by atoms with Crippen LogP contribution in [0.2, 0.25) is 0 Å². The molecule has 3 aromatic rings. The summed E-state index contributed by atoms with van der Waals surface area (Å²) in [4.78, 5) is 22.8. The van der Waals surface area contributed by atoms with Gasteiger partial charge in [0.15, 0.2) is 5.58 Å². The smallest absolute Gasteiger partial charge is 0.303 e. The molecule has 6 nitrogen and oxygen atoms in total. The maximum Gasteiger partial charge on any atom is 0.303 e. The molecule has 0 saturated carbocycles. The van der Waals surface area contributed by atoms with Crippen molar-refractivity contribution in [2.24, 2.45) is 0 Å². The van der Waals surface area contributed by atoms with E-state index < -0.39 is 5.97 Å². The standard InChI is InChI=1S/C14H14N2O4/c1-8-6-10-12(20-8)7-11-14(19)15(9(2)16(10)11)5-3-4-13(17)18/h6-7H,2-5H2,1H3,(H,17,18). The first-order valence-electron chi connectivity index (χ1n) is 6.34. The number of aliphatic carboxylic acids is 1. The van der Waals surface area contributed by atoms with Gasteiger partial charge in [0.2, 0.25) is 0 Å². The average Bonchev–Trinajstić information content (AvgIpc) is 2.94. The van der Waals surface area contributed by atoms with Crippen molar-refractivity contribution < 1.29 is 14.3 Å². The van der Waals surface area contributed by atoms with Crippen LogP contribution in [0.1, 0.15) is 18.6 Å². The van der Waals surface area contributed by atoms with Crippen molar-refractivity contribution >= 4 is 29.2 Å². The minimum atomic E-state index is -0.866. The largest absolute Gasteiger partial charge is 0.481 e. The molecular formula is C14H14N2O4. The molecule has 0 aliphatic carbocycles. The Morgan fingerprint density at radius 3 is 2.85 bits per heavy atom. The lowest BCUT2D eigenvalue weighted by Crippen LogP contribution is -2.27. The van der Waals surface area contributed by atoms with Crippen LogP contribution >= 0.6 is 0 Å². The Labute approximate surface area is 113 Å². The Kier molecular flexibility index (Phi) is 2.67. The second kappa shape index (κ2) is 4.26. The van der Waals surface area contributed by atoms with Gasteiger partial charge in [-0.15, -0.1) is 0 Å². The van der Waals surface area contributed by atoms with Crippen molar-refractivity contribution in [2.45, 2.75) is 26.3 Å². The lowest BCUT2D eigenvalue weighted by Gasteiger charge is -1.99. The molecule has 3 heterocycles. The molecule has 3 rings (SSSR count). The van der Waals surface area contributed by atoms with Crippen LogP contribution in [0.5, 0.6) is 0 Å². The summed E-state index contributed by atoms with van der Waals surface area (Å²) in [6, 6.07) is 3.56. The van der Waals surface area contributed by atoms with E-state index >= 15 is 0 Å². The molecule has 0 aliphatic heterocycles. The number of hydrogen-bond donors (Lipinski definition) is 1. The number of hydrogen-bond acceptors (Lipinski definition) is 3. The highest BCUT2D eigenvalue weighted by molar-refractivity contribution is 5.83. The number of aromatic nitrogens is 2. The van der Waals surface area contributed by atoms with Crippen LogP contribution in [0, 0.1) is 6.92 Å². The molecule has 0 radical (unpaired) electrons. The third-order valence-corrected chi connectivity index (χ3v) is 3.42. The van der Waals surface area contributed by atoms with Crippen molar-refractivity contribution in [2.75, 3.05) is 0 Å². The summed E-state index contributed by atoms with van der Waals surface area (Å²) in [5, 5.41) is 8.65. The predicted octanol–water partition coefficient (Wildman–Crippen LogP) is 1.15. The summed E-state index contributed by atoms with van der Waals surface area (Å²) in [7, 11) is 0. The zero-order valence-electron chi connectivity index (χ0n) is 11.0. The predicted molar refractivity (Wildman–Crippen MR) is 73.8 cm³/mol. The summed E-state index contributed by atoms with van der Waals surface area (Å²) in [5.41, 5.74) is 2.38. The fourth-order valence-electron chi connectivity index (χ4n) is 2.55. The first-order chi connectivity index (χ1) is 9.49. The maximum absolute atomic E-state index is 12.3. The SMILES string of the molecule is C=c1n(CCCC(=O)O)c(=O)c2cc3oc(C)cc3n12. The third kappa shape index (κ3) is 1.72. The van der Waals surface area contributed by atoms with Gasteiger partial charge in [-0.3, -0.25) is 18.6 Å². The van der Waals surface area contributed by atoms with Gasteiger partial charge < -0.3 is 9.52 Å². The van der Waals surface area contributed by atoms with E-state index in [9.17, 15) is 9.59 Å². The summed E-state index contributed by atoms with van der Waals surface area (Å²) >= 11 is 0. The highest BCUT2D eigenvalue weighted by Gasteiger charge is 2.15. The van der Waals surface area contributed by atoms with E-state index in [1.807, 2.05) is 13.0 Å². The third-order valence-electron chi connectivity index (χ3n) is 3.42. The van der Waals surface area contributed by atoms with Crippen LogP contribution in [0.15, 0.2) is 21.3 Å². The number of imidazole rings is 1. The minimum Gasteiger partial charge on any atom is -0.481 e. The molecule has 0 saturated heterocycles. The molecule has 0 atom stereocenters. The van der Waals surface area contributed by atoms with Crippen molar-refractivity contribution in [3.8, 4) is 0 Å².